The average molecular weight is 405 g/mol. The highest BCUT2D eigenvalue weighted by molar-refractivity contribution is 5.79. The fraction of sp³-hybridized carbons (Fsp3) is 0.636. The Balaban J connectivity index is 2.00. The van der Waals surface area contributed by atoms with Crippen LogP contribution < -0.4 is 15.4 Å². The molecule has 7 nitrogen and oxygen atoms in total. The molecule has 1 aliphatic heterocycles. The van der Waals surface area contributed by atoms with Gasteiger partial charge < -0.3 is 20.1 Å². The zero-order chi connectivity index (χ0) is 20.9. The molecule has 1 unspecified atom stereocenters. The number of esters is 1. The van der Waals surface area contributed by atoms with Crippen LogP contribution in [0.1, 0.15) is 50.6 Å². The first-order chi connectivity index (χ1) is 14.2. The van der Waals surface area contributed by atoms with Gasteiger partial charge in [-0.1, -0.05) is 18.2 Å². The van der Waals surface area contributed by atoms with Gasteiger partial charge in [0.05, 0.1) is 26.8 Å². The molecule has 0 amide bonds. The van der Waals surface area contributed by atoms with E-state index in [1.54, 1.807) is 7.11 Å². The molecule has 1 fully saturated rings. The van der Waals surface area contributed by atoms with E-state index in [1.165, 1.54) is 25.5 Å². The van der Waals surface area contributed by atoms with Crippen LogP contribution in [0.2, 0.25) is 0 Å². The number of carbonyl (C=O) groups excluding carboxylic acids is 1. The van der Waals surface area contributed by atoms with Crippen LogP contribution in [0, 0.1) is 0 Å². The molecule has 1 saturated heterocycles. The van der Waals surface area contributed by atoms with Crippen molar-refractivity contribution in [1.29, 1.82) is 0 Å². The lowest BCUT2D eigenvalue weighted by Gasteiger charge is -2.28. The lowest BCUT2D eigenvalue weighted by atomic mass is 10.0. The maximum Gasteiger partial charge on any atom is 0.305 e. The molecule has 7 heteroatoms. The lowest BCUT2D eigenvalue weighted by molar-refractivity contribution is -0.140. The molecule has 1 heterocycles. The van der Waals surface area contributed by atoms with E-state index in [2.05, 4.69) is 39.3 Å². The summed E-state index contributed by atoms with van der Waals surface area (Å²) in [5.41, 5.74) is 1.19. The SMILES string of the molecule is CCNC(=NCC(c1ccccc1OC)N1CCCC1)NCCCCC(=O)OC. The molecular formula is C22H36N4O3. The van der Waals surface area contributed by atoms with Crippen LogP contribution in [0.5, 0.6) is 5.75 Å². The average Bonchev–Trinajstić information content (AvgIpc) is 3.28. The second kappa shape index (κ2) is 13.0. The number of nitrogens with one attached hydrogen (secondary N) is 2. The van der Waals surface area contributed by atoms with Crippen molar-refractivity contribution < 1.29 is 14.3 Å². The van der Waals surface area contributed by atoms with Gasteiger partial charge in [0.1, 0.15) is 5.75 Å². The first-order valence-corrected chi connectivity index (χ1v) is 10.7. The van der Waals surface area contributed by atoms with Gasteiger partial charge in [0.25, 0.3) is 0 Å². The van der Waals surface area contributed by atoms with E-state index in [9.17, 15) is 4.79 Å². The number of aliphatic imine (C=N–C) groups is 1. The lowest BCUT2D eigenvalue weighted by Crippen LogP contribution is -2.39. The largest absolute Gasteiger partial charge is 0.496 e. The molecule has 0 spiro atoms. The number of benzene rings is 1. The van der Waals surface area contributed by atoms with Crippen LogP contribution in [0.4, 0.5) is 0 Å². The van der Waals surface area contributed by atoms with E-state index in [0.29, 0.717) is 13.0 Å². The van der Waals surface area contributed by atoms with Crippen LogP contribution in [-0.2, 0) is 9.53 Å². The highest BCUT2D eigenvalue weighted by Crippen LogP contribution is 2.31. The van der Waals surface area contributed by atoms with Crippen LogP contribution in [0.3, 0.4) is 0 Å². The molecule has 1 aromatic carbocycles. The number of carbonyl (C=O) groups is 1. The van der Waals surface area contributed by atoms with Crippen molar-refractivity contribution in [2.45, 2.75) is 45.1 Å². The summed E-state index contributed by atoms with van der Waals surface area (Å²) in [5, 5.41) is 6.69. The summed E-state index contributed by atoms with van der Waals surface area (Å²) in [6.45, 7) is 6.48. The first-order valence-electron chi connectivity index (χ1n) is 10.7. The molecular weight excluding hydrogens is 368 g/mol. The van der Waals surface area contributed by atoms with Crippen molar-refractivity contribution in [3.63, 3.8) is 0 Å². The number of guanidine groups is 1. The molecule has 0 radical (unpaired) electrons. The van der Waals surface area contributed by atoms with Crippen molar-refractivity contribution in [1.82, 2.24) is 15.5 Å². The smallest absolute Gasteiger partial charge is 0.305 e. The molecule has 1 aliphatic rings. The topological polar surface area (TPSA) is 75.2 Å². The van der Waals surface area contributed by atoms with Crippen LogP contribution >= 0.6 is 0 Å². The number of nitrogens with zero attached hydrogens (tertiary/aromatic N) is 2. The third kappa shape index (κ3) is 7.57. The van der Waals surface area contributed by atoms with Gasteiger partial charge in [-0.3, -0.25) is 14.7 Å². The zero-order valence-corrected chi connectivity index (χ0v) is 18.1. The van der Waals surface area contributed by atoms with Gasteiger partial charge >= 0.3 is 5.97 Å². The van der Waals surface area contributed by atoms with Gasteiger partial charge in [-0.15, -0.1) is 0 Å². The predicted octanol–water partition coefficient (Wildman–Crippen LogP) is 2.73. The Morgan fingerprint density at radius 2 is 1.93 bits per heavy atom. The molecule has 0 saturated carbocycles. The molecule has 2 rings (SSSR count). The van der Waals surface area contributed by atoms with Gasteiger partial charge in [-0.25, -0.2) is 0 Å². The number of rotatable bonds is 11. The van der Waals surface area contributed by atoms with E-state index in [1.807, 2.05) is 12.1 Å². The quantitative estimate of drug-likeness (QED) is 0.256. The van der Waals surface area contributed by atoms with E-state index in [4.69, 9.17) is 9.73 Å². The van der Waals surface area contributed by atoms with Crippen LogP contribution in [0.25, 0.3) is 0 Å². The van der Waals surface area contributed by atoms with Crippen molar-refractivity contribution in [3.05, 3.63) is 29.8 Å². The zero-order valence-electron chi connectivity index (χ0n) is 18.1. The third-order valence-electron chi connectivity index (χ3n) is 5.17. The highest BCUT2D eigenvalue weighted by Gasteiger charge is 2.25. The summed E-state index contributed by atoms with van der Waals surface area (Å²) in [7, 11) is 3.15. The molecule has 162 valence electrons. The summed E-state index contributed by atoms with van der Waals surface area (Å²) in [5.74, 6) is 1.57. The Kier molecular flexibility index (Phi) is 10.3. The first kappa shape index (κ1) is 23.0. The number of hydrogen-bond acceptors (Lipinski definition) is 5. The van der Waals surface area contributed by atoms with E-state index >= 15 is 0 Å². The fourth-order valence-electron chi connectivity index (χ4n) is 3.63. The summed E-state index contributed by atoms with van der Waals surface area (Å²) in [6.07, 6.45) is 4.61. The number of likely N-dealkylation sites (tertiary alicyclic amines) is 1. The number of unbranched alkanes of at least 4 members (excludes halogenated alkanes) is 1. The minimum absolute atomic E-state index is 0.157. The second-order valence-electron chi connectivity index (χ2n) is 7.18. The second-order valence-corrected chi connectivity index (χ2v) is 7.18. The maximum absolute atomic E-state index is 11.2. The van der Waals surface area contributed by atoms with Crippen molar-refractivity contribution in [2.24, 2.45) is 4.99 Å². The summed E-state index contributed by atoms with van der Waals surface area (Å²) in [4.78, 5) is 18.6. The Morgan fingerprint density at radius 1 is 1.17 bits per heavy atom. The summed E-state index contributed by atoms with van der Waals surface area (Å²) >= 11 is 0. The Labute approximate surface area is 174 Å². The van der Waals surface area contributed by atoms with Crippen molar-refractivity contribution in [3.8, 4) is 5.75 Å². The van der Waals surface area contributed by atoms with Crippen LogP contribution in [0.15, 0.2) is 29.3 Å². The monoisotopic (exact) mass is 404 g/mol. The number of methoxy groups -OCH3 is 2. The standard InChI is InChI=1S/C22H36N4O3/c1-4-23-22(24-14-8-7-13-21(27)29-3)25-17-19(26-15-9-10-16-26)18-11-5-6-12-20(18)28-2/h5-6,11-12,19H,4,7-10,13-17H2,1-3H3,(H2,23,24,25). The fourth-order valence-corrected chi connectivity index (χ4v) is 3.63. The van der Waals surface area contributed by atoms with E-state index in [0.717, 1.165) is 50.7 Å². The number of hydrogen-bond donors (Lipinski definition) is 2. The molecule has 0 aliphatic carbocycles. The molecule has 2 N–H and O–H groups in total. The normalized spacial score (nSPS) is 15.8. The van der Waals surface area contributed by atoms with Crippen LogP contribution in [-0.4, -0.2) is 63.8 Å². The van der Waals surface area contributed by atoms with Gasteiger partial charge in [-0.05, 0) is 51.8 Å². The van der Waals surface area contributed by atoms with E-state index < -0.39 is 0 Å². The molecule has 1 atom stereocenters. The summed E-state index contributed by atoms with van der Waals surface area (Å²) in [6, 6.07) is 8.43. The predicted molar refractivity (Wildman–Crippen MR) is 116 cm³/mol. The van der Waals surface area contributed by atoms with Gasteiger partial charge in [0, 0.05) is 25.1 Å². The van der Waals surface area contributed by atoms with Crippen molar-refractivity contribution in [2.75, 3.05) is 46.9 Å². The van der Waals surface area contributed by atoms with E-state index in [-0.39, 0.29) is 12.0 Å². The van der Waals surface area contributed by atoms with Gasteiger partial charge in [-0.2, -0.15) is 0 Å². The Bertz CT molecular complexity index is 645. The Hall–Kier alpha value is -2.28. The minimum atomic E-state index is -0.157. The highest BCUT2D eigenvalue weighted by atomic mass is 16.5. The summed E-state index contributed by atoms with van der Waals surface area (Å²) < 4.78 is 10.3. The maximum atomic E-state index is 11.2. The molecule has 29 heavy (non-hydrogen) atoms. The molecule has 1 aromatic rings. The number of para-hydroxylation sites is 1. The third-order valence-corrected chi connectivity index (χ3v) is 5.17. The van der Waals surface area contributed by atoms with Gasteiger partial charge in [0.15, 0.2) is 5.96 Å². The number of ether oxygens (including phenoxy) is 2. The minimum Gasteiger partial charge on any atom is -0.496 e. The molecule has 0 bridgehead atoms. The van der Waals surface area contributed by atoms with Gasteiger partial charge in [0.2, 0.25) is 0 Å². The Morgan fingerprint density at radius 3 is 2.62 bits per heavy atom. The van der Waals surface area contributed by atoms with Crippen molar-refractivity contribution >= 4 is 11.9 Å². The molecule has 0 aromatic heterocycles.